The normalized spacial score (nSPS) is 13.2. The van der Waals surface area contributed by atoms with Gasteiger partial charge in [0, 0.05) is 18.4 Å². The van der Waals surface area contributed by atoms with Crippen LogP contribution in [0.15, 0.2) is 24.3 Å². The maximum Gasteiger partial charge on any atom is 0.141 e. The second-order valence-electron chi connectivity index (χ2n) is 5.26. The van der Waals surface area contributed by atoms with E-state index in [1.165, 1.54) is 0 Å². The number of rotatable bonds is 4. The van der Waals surface area contributed by atoms with Crippen LogP contribution in [0.2, 0.25) is 0 Å². The minimum absolute atomic E-state index is 0.0887. The van der Waals surface area contributed by atoms with Crippen LogP contribution in [0.4, 0.5) is 0 Å². The van der Waals surface area contributed by atoms with Gasteiger partial charge in [-0.05, 0) is 12.0 Å². The van der Waals surface area contributed by atoms with Crippen molar-refractivity contribution in [2.45, 2.75) is 27.2 Å². The van der Waals surface area contributed by atoms with Crippen molar-refractivity contribution < 1.29 is 4.79 Å². The summed E-state index contributed by atoms with van der Waals surface area (Å²) in [5, 5.41) is 5.55. The summed E-state index contributed by atoms with van der Waals surface area (Å²) >= 11 is 0. The maximum atomic E-state index is 12.2. The Hall–Kier alpha value is -1.64. The number of hydrogen-bond acceptors (Lipinski definition) is 2. The van der Waals surface area contributed by atoms with Crippen LogP contribution >= 0.6 is 0 Å². The van der Waals surface area contributed by atoms with Crippen LogP contribution in [0, 0.1) is 11.8 Å². The van der Waals surface area contributed by atoms with Crippen LogP contribution in [0.3, 0.4) is 0 Å². The molecule has 0 aliphatic heterocycles. The summed E-state index contributed by atoms with van der Waals surface area (Å²) in [6.45, 7) is 6.16. The lowest BCUT2D eigenvalue weighted by molar-refractivity contribution is -0.122. The van der Waals surface area contributed by atoms with Gasteiger partial charge < -0.3 is 0 Å². The summed E-state index contributed by atoms with van der Waals surface area (Å²) in [6.07, 6.45) is 0.431. The van der Waals surface area contributed by atoms with Gasteiger partial charge in [-0.3, -0.25) is 9.48 Å². The third-order valence-electron chi connectivity index (χ3n) is 3.68. The molecule has 1 heterocycles. The van der Waals surface area contributed by atoms with Crippen LogP contribution in [-0.4, -0.2) is 15.6 Å². The zero-order valence-corrected chi connectivity index (χ0v) is 11.5. The number of fused-ring (bicyclic) bond motifs is 1. The van der Waals surface area contributed by atoms with Gasteiger partial charge in [0.25, 0.3) is 0 Å². The van der Waals surface area contributed by atoms with E-state index in [9.17, 15) is 4.79 Å². The molecule has 0 bridgehead atoms. The zero-order chi connectivity index (χ0) is 13.3. The van der Waals surface area contributed by atoms with E-state index in [4.69, 9.17) is 0 Å². The highest BCUT2D eigenvalue weighted by molar-refractivity contribution is 5.89. The number of hydrogen-bond donors (Lipinski definition) is 0. The summed E-state index contributed by atoms with van der Waals surface area (Å²) in [4.78, 5) is 12.2. The number of carbonyl (C=O) groups is 1. The number of ketones is 1. The molecule has 3 nitrogen and oxygen atoms in total. The van der Waals surface area contributed by atoms with E-state index < -0.39 is 0 Å². The van der Waals surface area contributed by atoms with Crippen LogP contribution in [0.25, 0.3) is 10.9 Å². The minimum atomic E-state index is 0.0887. The van der Waals surface area contributed by atoms with E-state index in [1.807, 2.05) is 42.9 Å². The molecule has 0 aliphatic carbocycles. The van der Waals surface area contributed by atoms with Gasteiger partial charge in [0.2, 0.25) is 0 Å². The molecular weight excluding hydrogens is 224 g/mol. The number of nitrogens with zero attached hydrogens (tertiary/aromatic N) is 2. The zero-order valence-electron chi connectivity index (χ0n) is 11.5. The van der Waals surface area contributed by atoms with Gasteiger partial charge in [0.15, 0.2) is 0 Å². The van der Waals surface area contributed by atoms with Gasteiger partial charge in [-0.25, -0.2) is 0 Å². The minimum Gasteiger partial charge on any atom is -0.299 e. The van der Waals surface area contributed by atoms with Crippen LogP contribution in [0.1, 0.15) is 26.5 Å². The van der Waals surface area contributed by atoms with Crippen LogP contribution in [-0.2, 0) is 18.3 Å². The summed E-state index contributed by atoms with van der Waals surface area (Å²) in [5.41, 5.74) is 1.98. The second-order valence-corrected chi connectivity index (χ2v) is 5.26. The van der Waals surface area contributed by atoms with E-state index in [2.05, 4.69) is 18.9 Å². The monoisotopic (exact) mass is 244 g/mol. The predicted octanol–water partition coefficient (Wildman–Crippen LogP) is 2.98. The highest BCUT2D eigenvalue weighted by atomic mass is 16.1. The van der Waals surface area contributed by atoms with E-state index in [1.54, 1.807) is 0 Å². The van der Waals surface area contributed by atoms with Gasteiger partial charge in [0.1, 0.15) is 5.78 Å². The maximum absolute atomic E-state index is 12.2. The molecule has 0 aliphatic rings. The molecule has 1 aromatic carbocycles. The van der Waals surface area contributed by atoms with Gasteiger partial charge in [-0.15, -0.1) is 0 Å². The summed E-state index contributed by atoms with van der Waals surface area (Å²) < 4.78 is 1.85. The van der Waals surface area contributed by atoms with E-state index in [0.717, 1.165) is 16.6 Å². The fourth-order valence-electron chi connectivity index (χ4n) is 2.12. The number of aryl methyl sites for hydroxylation is 1. The lowest BCUT2D eigenvalue weighted by atomic mass is 9.91. The Labute approximate surface area is 108 Å². The van der Waals surface area contributed by atoms with E-state index in [0.29, 0.717) is 12.3 Å². The Balaban J connectivity index is 2.30. The fraction of sp³-hybridized carbons (Fsp3) is 0.467. The van der Waals surface area contributed by atoms with Crippen molar-refractivity contribution in [2.24, 2.45) is 18.9 Å². The number of benzene rings is 1. The highest BCUT2D eigenvalue weighted by Gasteiger charge is 2.19. The summed E-state index contributed by atoms with van der Waals surface area (Å²) in [5.74, 6) is 0.743. The molecule has 1 aromatic heterocycles. The molecule has 0 radical (unpaired) electrons. The Kier molecular flexibility index (Phi) is 3.50. The van der Waals surface area contributed by atoms with Crippen LogP contribution in [0.5, 0.6) is 0 Å². The Bertz CT molecular complexity index is 569. The van der Waals surface area contributed by atoms with E-state index in [-0.39, 0.29) is 11.7 Å². The first kappa shape index (κ1) is 12.8. The lowest BCUT2D eigenvalue weighted by Crippen LogP contribution is -2.19. The molecule has 0 N–H and O–H groups in total. The molecular formula is C15H20N2O. The van der Waals surface area contributed by atoms with Crippen molar-refractivity contribution >= 4 is 16.7 Å². The molecule has 1 atom stereocenters. The topological polar surface area (TPSA) is 34.9 Å². The van der Waals surface area contributed by atoms with E-state index >= 15 is 0 Å². The third-order valence-corrected chi connectivity index (χ3v) is 3.68. The summed E-state index contributed by atoms with van der Waals surface area (Å²) in [7, 11) is 1.92. The molecule has 0 fully saturated rings. The molecule has 96 valence electrons. The quantitative estimate of drug-likeness (QED) is 0.828. The third kappa shape index (κ3) is 2.30. The average molecular weight is 244 g/mol. The fourth-order valence-corrected chi connectivity index (χ4v) is 2.12. The lowest BCUT2D eigenvalue weighted by Gasteiger charge is -2.13. The highest BCUT2D eigenvalue weighted by Crippen LogP contribution is 2.20. The van der Waals surface area contributed by atoms with Gasteiger partial charge in [-0.2, -0.15) is 5.10 Å². The first-order valence-corrected chi connectivity index (χ1v) is 6.44. The average Bonchev–Trinajstić information content (AvgIpc) is 2.66. The van der Waals surface area contributed by atoms with Crippen molar-refractivity contribution in [3.63, 3.8) is 0 Å². The van der Waals surface area contributed by atoms with Crippen molar-refractivity contribution in [3.05, 3.63) is 30.0 Å². The van der Waals surface area contributed by atoms with Gasteiger partial charge in [0.05, 0.1) is 17.6 Å². The molecule has 18 heavy (non-hydrogen) atoms. The number of carbonyl (C=O) groups excluding carboxylic acids is 1. The van der Waals surface area contributed by atoms with Crippen molar-refractivity contribution in [2.75, 3.05) is 0 Å². The molecule has 3 heteroatoms. The molecule has 2 rings (SSSR count). The number of Topliss-reactive ketones (excluding diaryl/α,β-unsaturated/α-hetero) is 1. The van der Waals surface area contributed by atoms with Crippen molar-refractivity contribution in [1.29, 1.82) is 0 Å². The smallest absolute Gasteiger partial charge is 0.141 e. The van der Waals surface area contributed by atoms with Crippen molar-refractivity contribution in [1.82, 2.24) is 9.78 Å². The second kappa shape index (κ2) is 4.92. The molecule has 0 saturated carbocycles. The van der Waals surface area contributed by atoms with Gasteiger partial charge in [-0.1, -0.05) is 39.0 Å². The molecule has 2 aromatic rings. The SMILES string of the molecule is CC(C)C(C)C(=O)Cc1nn(C)c2ccccc12. The van der Waals surface area contributed by atoms with Gasteiger partial charge >= 0.3 is 0 Å². The first-order chi connectivity index (χ1) is 8.50. The molecule has 1 unspecified atom stereocenters. The molecule has 0 amide bonds. The molecule has 0 spiro atoms. The largest absolute Gasteiger partial charge is 0.299 e. The predicted molar refractivity (Wildman–Crippen MR) is 73.4 cm³/mol. The summed E-state index contributed by atoms with van der Waals surface area (Å²) in [6, 6.07) is 8.05. The Morgan fingerprint density at radius 2 is 1.94 bits per heavy atom. The number of para-hydroxylation sites is 1. The van der Waals surface area contributed by atoms with Crippen molar-refractivity contribution in [3.8, 4) is 0 Å². The number of aromatic nitrogens is 2. The Morgan fingerprint density at radius 1 is 1.28 bits per heavy atom. The Morgan fingerprint density at radius 3 is 2.61 bits per heavy atom. The molecule has 0 saturated heterocycles. The first-order valence-electron chi connectivity index (χ1n) is 6.44. The van der Waals surface area contributed by atoms with Crippen LogP contribution < -0.4 is 0 Å². The standard InChI is InChI=1S/C15H20N2O/c1-10(2)11(3)15(18)9-13-12-7-5-6-8-14(12)17(4)16-13/h5-8,10-11H,9H2,1-4H3.